The van der Waals surface area contributed by atoms with Gasteiger partial charge in [-0.05, 0) is 17.9 Å². The minimum Gasteiger partial charge on any atom is -0.384 e. The van der Waals surface area contributed by atoms with Crippen LogP contribution in [0.25, 0.3) is 0 Å². The van der Waals surface area contributed by atoms with Gasteiger partial charge < -0.3 is 5.32 Å². The Labute approximate surface area is 104 Å². The van der Waals surface area contributed by atoms with Gasteiger partial charge in [-0.25, -0.2) is 0 Å². The fourth-order valence-corrected chi connectivity index (χ4v) is 2.47. The van der Waals surface area contributed by atoms with Crippen LogP contribution in [0.2, 0.25) is 0 Å². The van der Waals surface area contributed by atoms with Gasteiger partial charge in [0.15, 0.2) is 0 Å². The second kappa shape index (κ2) is 9.71. The van der Waals surface area contributed by atoms with Crippen LogP contribution in [-0.4, -0.2) is 6.54 Å². The molecule has 0 fully saturated rings. The molecular weight excluding hydrogens is 214 g/mol. The van der Waals surface area contributed by atoms with Gasteiger partial charge in [0.1, 0.15) is 0 Å². The molecule has 1 aromatic rings. The standard InChI is InChI=1S/C14H25NS/c1-2-3-4-5-6-7-8-9-11-15-14-10-12-16-13-14/h10,12-13,15H,2-9,11H2,1H3. The van der Waals surface area contributed by atoms with Crippen LogP contribution in [0.15, 0.2) is 16.8 Å². The van der Waals surface area contributed by atoms with Gasteiger partial charge in [-0.15, -0.1) is 0 Å². The average molecular weight is 239 g/mol. The van der Waals surface area contributed by atoms with E-state index in [0.29, 0.717) is 0 Å². The van der Waals surface area contributed by atoms with E-state index < -0.39 is 0 Å². The molecule has 0 aromatic carbocycles. The fourth-order valence-electron chi connectivity index (χ4n) is 1.86. The summed E-state index contributed by atoms with van der Waals surface area (Å²) in [6, 6.07) is 2.15. The third kappa shape index (κ3) is 6.89. The molecule has 0 atom stereocenters. The van der Waals surface area contributed by atoms with E-state index in [1.54, 1.807) is 11.3 Å². The number of anilines is 1. The molecule has 1 heterocycles. The van der Waals surface area contributed by atoms with E-state index in [2.05, 4.69) is 29.1 Å². The summed E-state index contributed by atoms with van der Waals surface area (Å²) in [5, 5.41) is 7.74. The molecule has 92 valence electrons. The van der Waals surface area contributed by atoms with Crippen LogP contribution in [0.1, 0.15) is 58.3 Å². The molecule has 0 aliphatic rings. The number of hydrogen-bond donors (Lipinski definition) is 1. The molecule has 2 heteroatoms. The molecule has 1 aromatic heterocycles. The van der Waals surface area contributed by atoms with Crippen LogP contribution in [0, 0.1) is 0 Å². The number of unbranched alkanes of at least 4 members (excludes halogenated alkanes) is 7. The van der Waals surface area contributed by atoms with E-state index >= 15 is 0 Å². The van der Waals surface area contributed by atoms with Crippen LogP contribution in [0.4, 0.5) is 5.69 Å². The van der Waals surface area contributed by atoms with Gasteiger partial charge in [-0.1, -0.05) is 51.9 Å². The van der Waals surface area contributed by atoms with Gasteiger partial charge in [0.2, 0.25) is 0 Å². The van der Waals surface area contributed by atoms with Crippen molar-refractivity contribution in [2.45, 2.75) is 58.3 Å². The first-order valence-electron chi connectivity index (χ1n) is 6.69. The summed E-state index contributed by atoms with van der Waals surface area (Å²) in [6.45, 7) is 3.40. The molecule has 0 spiro atoms. The third-order valence-corrected chi connectivity index (χ3v) is 3.56. The zero-order valence-electron chi connectivity index (χ0n) is 10.5. The molecule has 1 rings (SSSR count). The molecule has 0 bridgehead atoms. The SMILES string of the molecule is CCCCCCCCCCNc1ccsc1. The lowest BCUT2D eigenvalue weighted by Gasteiger charge is -2.03. The molecule has 1 N–H and O–H groups in total. The maximum atomic E-state index is 3.45. The zero-order chi connectivity index (χ0) is 11.5. The van der Waals surface area contributed by atoms with Gasteiger partial charge >= 0.3 is 0 Å². The van der Waals surface area contributed by atoms with E-state index in [1.807, 2.05) is 0 Å². The minimum absolute atomic E-state index is 1.13. The highest BCUT2D eigenvalue weighted by atomic mass is 32.1. The van der Waals surface area contributed by atoms with Crippen LogP contribution in [0.3, 0.4) is 0 Å². The summed E-state index contributed by atoms with van der Waals surface area (Å²) in [7, 11) is 0. The molecule has 0 aliphatic carbocycles. The summed E-state index contributed by atoms with van der Waals surface area (Å²) in [4.78, 5) is 0. The molecule has 1 nitrogen and oxygen atoms in total. The third-order valence-electron chi connectivity index (χ3n) is 2.88. The van der Waals surface area contributed by atoms with Gasteiger partial charge in [0.05, 0.1) is 0 Å². The first kappa shape index (κ1) is 13.6. The van der Waals surface area contributed by atoms with Crippen molar-refractivity contribution in [1.82, 2.24) is 0 Å². The van der Waals surface area contributed by atoms with Crippen molar-refractivity contribution in [3.63, 3.8) is 0 Å². The van der Waals surface area contributed by atoms with E-state index in [9.17, 15) is 0 Å². The highest BCUT2D eigenvalue weighted by Gasteiger charge is 1.93. The zero-order valence-corrected chi connectivity index (χ0v) is 11.3. The molecule has 0 saturated carbocycles. The fraction of sp³-hybridized carbons (Fsp3) is 0.714. The van der Waals surface area contributed by atoms with Crippen molar-refractivity contribution in [2.75, 3.05) is 11.9 Å². The average Bonchev–Trinajstić information content (AvgIpc) is 2.80. The minimum atomic E-state index is 1.13. The van der Waals surface area contributed by atoms with Gasteiger partial charge in [-0.3, -0.25) is 0 Å². The van der Waals surface area contributed by atoms with E-state index in [4.69, 9.17) is 0 Å². The lowest BCUT2D eigenvalue weighted by atomic mass is 10.1. The predicted octanol–water partition coefficient (Wildman–Crippen LogP) is 5.30. The highest BCUT2D eigenvalue weighted by Crippen LogP contribution is 2.12. The normalized spacial score (nSPS) is 10.6. The van der Waals surface area contributed by atoms with Gasteiger partial charge in [0, 0.05) is 17.6 Å². The first-order chi connectivity index (χ1) is 7.93. The largest absolute Gasteiger partial charge is 0.384 e. The topological polar surface area (TPSA) is 12.0 Å². The van der Waals surface area contributed by atoms with Crippen molar-refractivity contribution in [1.29, 1.82) is 0 Å². The Hall–Kier alpha value is -0.500. The number of hydrogen-bond acceptors (Lipinski definition) is 2. The summed E-state index contributed by atoms with van der Waals surface area (Å²) in [5.41, 5.74) is 1.29. The molecule has 0 radical (unpaired) electrons. The second-order valence-corrected chi connectivity index (χ2v) is 5.19. The van der Waals surface area contributed by atoms with Crippen LogP contribution < -0.4 is 5.32 Å². The number of thiophene rings is 1. The second-order valence-electron chi connectivity index (χ2n) is 4.41. The van der Waals surface area contributed by atoms with Crippen molar-refractivity contribution in [3.05, 3.63) is 16.8 Å². The Morgan fingerprint density at radius 3 is 2.31 bits per heavy atom. The summed E-state index contributed by atoms with van der Waals surface area (Å²) in [6.07, 6.45) is 11.2. The lowest BCUT2D eigenvalue weighted by molar-refractivity contribution is 0.581. The van der Waals surface area contributed by atoms with Crippen LogP contribution >= 0.6 is 11.3 Å². The van der Waals surface area contributed by atoms with Gasteiger partial charge in [0.25, 0.3) is 0 Å². The summed E-state index contributed by atoms with van der Waals surface area (Å²) >= 11 is 1.76. The first-order valence-corrected chi connectivity index (χ1v) is 7.64. The Bertz CT molecular complexity index is 231. The molecular formula is C14H25NS. The van der Waals surface area contributed by atoms with Crippen LogP contribution in [-0.2, 0) is 0 Å². The van der Waals surface area contributed by atoms with E-state index in [-0.39, 0.29) is 0 Å². The Balaban J connectivity index is 1.78. The number of nitrogens with one attached hydrogen (secondary N) is 1. The van der Waals surface area contributed by atoms with E-state index in [1.165, 1.54) is 57.1 Å². The summed E-state index contributed by atoms with van der Waals surface area (Å²) in [5.74, 6) is 0. The quantitative estimate of drug-likeness (QED) is 0.546. The van der Waals surface area contributed by atoms with Crippen molar-refractivity contribution >= 4 is 17.0 Å². The maximum absolute atomic E-state index is 3.45. The molecule has 0 unspecified atom stereocenters. The monoisotopic (exact) mass is 239 g/mol. The predicted molar refractivity (Wildman–Crippen MR) is 75.4 cm³/mol. The molecule has 0 aliphatic heterocycles. The van der Waals surface area contributed by atoms with Crippen molar-refractivity contribution in [3.8, 4) is 0 Å². The van der Waals surface area contributed by atoms with E-state index in [0.717, 1.165) is 6.54 Å². The Morgan fingerprint density at radius 2 is 1.69 bits per heavy atom. The van der Waals surface area contributed by atoms with Crippen molar-refractivity contribution in [2.24, 2.45) is 0 Å². The lowest BCUT2D eigenvalue weighted by Crippen LogP contribution is -1.99. The Kier molecular flexibility index (Phi) is 8.23. The Morgan fingerprint density at radius 1 is 1.00 bits per heavy atom. The summed E-state index contributed by atoms with van der Waals surface area (Å²) < 4.78 is 0. The molecule has 16 heavy (non-hydrogen) atoms. The molecule has 0 amide bonds. The molecule has 0 saturated heterocycles. The van der Waals surface area contributed by atoms with Crippen LogP contribution in [0.5, 0.6) is 0 Å². The van der Waals surface area contributed by atoms with Gasteiger partial charge in [-0.2, -0.15) is 11.3 Å². The van der Waals surface area contributed by atoms with Crippen molar-refractivity contribution < 1.29 is 0 Å². The number of rotatable bonds is 10. The smallest absolute Gasteiger partial charge is 0.0448 e. The maximum Gasteiger partial charge on any atom is 0.0448 e. The highest BCUT2D eigenvalue weighted by molar-refractivity contribution is 7.08.